The van der Waals surface area contributed by atoms with Gasteiger partial charge in [-0.1, -0.05) is 147 Å². The third-order valence-corrected chi connectivity index (χ3v) is 11.6. The van der Waals surface area contributed by atoms with Gasteiger partial charge < -0.3 is 4.57 Å². The lowest BCUT2D eigenvalue weighted by molar-refractivity contribution is 0.386. The summed E-state index contributed by atoms with van der Waals surface area (Å²) in [4.78, 5) is 10.5. The van der Waals surface area contributed by atoms with Gasteiger partial charge in [0, 0.05) is 44.9 Å². The molecule has 2 unspecified atom stereocenters. The Kier molecular flexibility index (Phi) is 7.32. The van der Waals surface area contributed by atoms with E-state index in [0.717, 1.165) is 50.4 Å². The van der Waals surface area contributed by atoms with Crippen LogP contribution in [0, 0.1) is 17.2 Å². The zero-order chi connectivity index (χ0) is 36.4. The molecule has 0 bridgehead atoms. The first-order valence-electron chi connectivity index (χ1n) is 18.6. The van der Waals surface area contributed by atoms with Crippen molar-refractivity contribution in [1.29, 1.82) is 5.26 Å². The average molecular weight is 693 g/mol. The maximum absolute atomic E-state index is 10.3. The topological polar surface area (TPSA) is 54.5 Å². The van der Waals surface area contributed by atoms with Gasteiger partial charge in [0.2, 0.25) is 0 Å². The quantitative estimate of drug-likeness (QED) is 0.180. The van der Waals surface area contributed by atoms with Crippen LogP contribution in [0.1, 0.15) is 47.7 Å². The fourth-order valence-electron chi connectivity index (χ4n) is 9.01. The molecule has 0 N–H and O–H groups in total. The van der Waals surface area contributed by atoms with Crippen LogP contribution in [0.4, 0.5) is 0 Å². The van der Waals surface area contributed by atoms with Crippen molar-refractivity contribution in [3.63, 3.8) is 0 Å². The van der Waals surface area contributed by atoms with Gasteiger partial charge in [-0.15, -0.1) is 0 Å². The number of hydrogen-bond acceptors (Lipinski definition) is 3. The van der Waals surface area contributed by atoms with Crippen molar-refractivity contribution in [1.82, 2.24) is 14.5 Å². The Morgan fingerprint density at radius 1 is 0.630 bits per heavy atom. The Bertz CT molecular complexity index is 2760. The van der Waals surface area contributed by atoms with Gasteiger partial charge in [0.05, 0.1) is 28.5 Å². The molecule has 4 nitrogen and oxygen atoms in total. The maximum atomic E-state index is 10.3. The number of nitriles is 1. The monoisotopic (exact) mass is 692 g/mol. The van der Waals surface area contributed by atoms with Crippen molar-refractivity contribution in [3.05, 3.63) is 192 Å². The lowest BCUT2D eigenvalue weighted by Gasteiger charge is -2.32. The molecule has 0 radical (unpaired) electrons. The second-order valence-electron chi connectivity index (χ2n) is 14.9. The fraction of sp³-hybridized carbons (Fsp3) is 0.100. The normalized spacial score (nSPS) is 16.4. The van der Waals surface area contributed by atoms with Gasteiger partial charge in [0.15, 0.2) is 5.82 Å². The lowest BCUT2D eigenvalue weighted by atomic mass is 9.72. The molecule has 6 aromatic carbocycles. The van der Waals surface area contributed by atoms with Gasteiger partial charge in [0.25, 0.3) is 0 Å². The molecule has 54 heavy (non-hydrogen) atoms. The second-order valence-corrected chi connectivity index (χ2v) is 14.9. The number of rotatable bonds is 5. The van der Waals surface area contributed by atoms with E-state index in [-0.39, 0.29) is 11.3 Å². The van der Waals surface area contributed by atoms with Crippen LogP contribution in [-0.2, 0) is 5.41 Å². The molecular formula is C50H36N4. The molecule has 2 heterocycles. The maximum Gasteiger partial charge on any atom is 0.160 e. The van der Waals surface area contributed by atoms with Crippen molar-refractivity contribution in [2.24, 2.45) is 5.92 Å². The highest BCUT2D eigenvalue weighted by atomic mass is 15.0. The minimum Gasteiger partial charge on any atom is -0.312 e. The van der Waals surface area contributed by atoms with Crippen LogP contribution in [0.3, 0.4) is 0 Å². The molecule has 2 atom stereocenters. The minimum atomic E-state index is -0.0327. The molecule has 2 aliphatic rings. The third kappa shape index (κ3) is 4.97. The molecule has 0 fully saturated rings. The summed E-state index contributed by atoms with van der Waals surface area (Å²) in [5, 5.41) is 11.5. The number of nitrogens with zero attached hydrogens (tertiary/aromatic N) is 4. The van der Waals surface area contributed by atoms with Gasteiger partial charge in [-0.2, -0.15) is 5.26 Å². The predicted octanol–water partition coefficient (Wildman–Crippen LogP) is 12.0. The summed E-state index contributed by atoms with van der Waals surface area (Å²) in [5.41, 5.74) is 14.6. The molecule has 4 heteroatoms. The van der Waals surface area contributed by atoms with E-state index in [4.69, 9.17) is 9.97 Å². The molecular weight excluding hydrogens is 657 g/mol. The standard InChI is InChI=1S/C50H36N4/c1-50(2)42-23-13-11-22-41(42)47-43(50)26-25-40-39-21-12-14-24-46(39)54(48(40)47)37-28-35(38-20-10-9-19-34(38)31-51)27-36(29-37)49-52-44(32-15-5-3-6-16-32)30-45(53-49)33-17-7-4-8-18-33/h3-30,43,47H,1-2H3. The highest BCUT2D eigenvalue weighted by molar-refractivity contribution is 5.95. The molecule has 0 spiro atoms. The van der Waals surface area contributed by atoms with Gasteiger partial charge >= 0.3 is 0 Å². The zero-order valence-corrected chi connectivity index (χ0v) is 30.1. The van der Waals surface area contributed by atoms with E-state index in [0.29, 0.717) is 17.3 Å². The first-order chi connectivity index (χ1) is 26.5. The molecule has 2 aliphatic carbocycles. The molecule has 256 valence electrons. The number of para-hydroxylation sites is 1. The SMILES string of the molecule is CC1(C)c2ccccc2C2c3c(c4ccccc4n3-c3cc(-c4nc(-c5ccccc5)cc(-c5ccccc5)n4)cc(-c4ccccc4C#N)c3)C=CC21. The van der Waals surface area contributed by atoms with Crippen molar-refractivity contribution >= 4 is 17.0 Å². The van der Waals surface area contributed by atoms with Crippen LogP contribution in [0.25, 0.3) is 67.7 Å². The molecule has 2 aromatic heterocycles. The Hall–Kier alpha value is -6.83. The minimum absolute atomic E-state index is 0.0327. The van der Waals surface area contributed by atoms with E-state index in [1.807, 2.05) is 60.7 Å². The summed E-state index contributed by atoms with van der Waals surface area (Å²) in [7, 11) is 0. The molecule has 0 saturated heterocycles. The van der Waals surface area contributed by atoms with Crippen molar-refractivity contribution in [2.75, 3.05) is 0 Å². The van der Waals surface area contributed by atoms with E-state index in [1.165, 1.54) is 27.8 Å². The molecule has 8 aromatic rings. The summed E-state index contributed by atoms with van der Waals surface area (Å²) in [6.45, 7) is 4.77. The highest BCUT2D eigenvalue weighted by Crippen LogP contribution is 2.57. The van der Waals surface area contributed by atoms with Crippen LogP contribution in [0.2, 0.25) is 0 Å². The highest BCUT2D eigenvalue weighted by Gasteiger charge is 2.48. The van der Waals surface area contributed by atoms with Crippen LogP contribution in [-0.4, -0.2) is 14.5 Å². The number of allylic oxidation sites excluding steroid dienone is 1. The number of hydrogen-bond donors (Lipinski definition) is 0. The lowest BCUT2D eigenvalue weighted by Crippen LogP contribution is -2.27. The smallest absolute Gasteiger partial charge is 0.160 e. The third-order valence-electron chi connectivity index (χ3n) is 11.6. The van der Waals surface area contributed by atoms with E-state index >= 15 is 0 Å². The summed E-state index contributed by atoms with van der Waals surface area (Å²) in [6, 6.07) is 57.3. The van der Waals surface area contributed by atoms with Crippen molar-refractivity contribution in [3.8, 4) is 56.8 Å². The first-order valence-corrected chi connectivity index (χ1v) is 18.6. The van der Waals surface area contributed by atoms with E-state index < -0.39 is 0 Å². The molecule has 10 rings (SSSR count). The number of aromatic nitrogens is 3. The van der Waals surface area contributed by atoms with Crippen molar-refractivity contribution in [2.45, 2.75) is 25.2 Å². The summed E-state index contributed by atoms with van der Waals surface area (Å²) >= 11 is 0. The number of benzene rings is 6. The van der Waals surface area contributed by atoms with Crippen LogP contribution >= 0.6 is 0 Å². The van der Waals surface area contributed by atoms with Crippen LogP contribution in [0.15, 0.2) is 164 Å². The fourth-order valence-corrected chi connectivity index (χ4v) is 9.01. The summed E-state index contributed by atoms with van der Waals surface area (Å²) in [6.07, 6.45) is 4.81. The van der Waals surface area contributed by atoms with Gasteiger partial charge in [-0.25, -0.2) is 9.97 Å². The summed E-state index contributed by atoms with van der Waals surface area (Å²) < 4.78 is 2.48. The van der Waals surface area contributed by atoms with Crippen LogP contribution in [0.5, 0.6) is 0 Å². The van der Waals surface area contributed by atoms with Crippen LogP contribution < -0.4 is 0 Å². The largest absolute Gasteiger partial charge is 0.312 e. The van der Waals surface area contributed by atoms with Gasteiger partial charge in [0.1, 0.15) is 0 Å². The average Bonchev–Trinajstić information content (AvgIpc) is 3.69. The van der Waals surface area contributed by atoms with E-state index in [2.05, 4.69) is 134 Å². The molecule has 0 amide bonds. The van der Waals surface area contributed by atoms with Crippen molar-refractivity contribution < 1.29 is 0 Å². The zero-order valence-electron chi connectivity index (χ0n) is 30.1. The van der Waals surface area contributed by atoms with Gasteiger partial charge in [-0.05, 0) is 70.0 Å². The Balaban J connectivity index is 1.28. The molecule has 0 aliphatic heterocycles. The van der Waals surface area contributed by atoms with E-state index in [9.17, 15) is 5.26 Å². The second kappa shape index (κ2) is 12.4. The van der Waals surface area contributed by atoms with E-state index in [1.54, 1.807) is 0 Å². The Morgan fingerprint density at radius 2 is 1.26 bits per heavy atom. The van der Waals surface area contributed by atoms with Gasteiger partial charge in [-0.3, -0.25) is 0 Å². The number of fused-ring (bicyclic) bond motifs is 7. The Labute approximate surface area is 315 Å². The molecule has 0 saturated carbocycles. The first kappa shape index (κ1) is 31.9. The predicted molar refractivity (Wildman–Crippen MR) is 219 cm³/mol. The summed E-state index contributed by atoms with van der Waals surface area (Å²) in [5.74, 6) is 1.10. The Morgan fingerprint density at radius 3 is 2.00 bits per heavy atom.